The monoisotopic (exact) mass is 610 g/mol. The van der Waals surface area contributed by atoms with E-state index in [2.05, 4.69) is 22.3 Å². The Labute approximate surface area is 260 Å². The van der Waals surface area contributed by atoms with Crippen LogP contribution in [-0.2, 0) is 21.5 Å². The van der Waals surface area contributed by atoms with Gasteiger partial charge in [-0.25, -0.2) is 4.39 Å². The number of fused-ring (bicyclic) bond motifs is 1. The average molecular weight is 611 g/mol. The molecule has 1 saturated carbocycles. The molecule has 0 radical (unpaired) electrons. The van der Waals surface area contributed by atoms with Gasteiger partial charge in [-0.2, -0.15) is 5.10 Å². The van der Waals surface area contributed by atoms with Crippen LogP contribution in [-0.4, -0.2) is 62.3 Å². The Morgan fingerprint density at radius 1 is 1.04 bits per heavy atom. The lowest BCUT2D eigenvalue weighted by Crippen LogP contribution is -2.53. The second-order valence-electron chi connectivity index (χ2n) is 12.5. The largest absolute Gasteiger partial charge is 0.380 e. The minimum atomic E-state index is -0.863. The van der Waals surface area contributed by atoms with Crippen LogP contribution in [0.5, 0.6) is 0 Å². The van der Waals surface area contributed by atoms with Gasteiger partial charge in [0.1, 0.15) is 11.9 Å². The van der Waals surface area contributed by atoms with Gasteiger partial charge < -0.3 is 15.5 Å². The molecule has 2 aromatic carbocycles. The minimum absolute atomic E-state index is 0.140. The molecule has 4 heterocycles. The number of amides is 4. The predicted molar refractivity (Wildman–Crippen MR) is 164 cm³/mol. The number of halogens is 1. The number of aromatic nitrogens is 2. The normalized spacial score (nSPS) is 21.4. The number of imide groups is 1. The van der Waals surface area contributed by atoms with E-state index in [9.17, 15) is 23.6 Å². The predicted octanol–water partition coefficient (Wildman–Crippen LogP) is 4.31. The van der Waals surface area contributed by atoms with Gasteiger partial charge in [0.2, 0.25) is 11.8 Å². The fourth-order valence-electron chi connectivity index (χ4n) is 7.17. The van der Waals surface area contributed by atoms with E-state index in [-0.39, 0.29) is 28.9 Å². The van der Waals surface area contributed by atoms with Crippen LogP contribution in [0.2, 0.25) is 0 Å². The van der Waals surface area contributed by atoms with Gasteiger partial charge in [0.15, 0.2) is 0 Å². The van der Waals surface area contributed by atoms with Crippen molar-refractivity contribution < 1.29 is 23.6 Å². The first-order valence-corrected chi connectivity index (χ1v) is 15.6. The summed E-state index contributed by atoms with van der Waals surface area (Å²) in [5.41, 5.74) is 2.94. The molecule has 3 aliphatic heterocycles. The number of benzene rings is 2. The molecule has 4 aliphatic rings. The van der Waals surface area contributed by atoms with Gasteiger partial charge >= 0.3 is 0 Å². The van der Waals surface area contributed by atoms with E-state index >= 15 is 0 Å². The van der Waals surface area contributed by atoms with E-state index in [0.29, 0.717) is 43.9 Å². The molecule has 10 nitrogen and oxygen atoms in total. The zero-order valence-corrected chi connectivity index (χ0v) is 24.9. The fraction of sp³-hybridized carbons (Fsp3) is 0.382. The van der Waals surface area contributed by atoms with Crippen LogP contribution >= 0.6 is 0 Å². The molecule has 3 fully saturated rings. The third-order valence-electron chi connectivity index (χ3n) is 9.86. The number of carbonyl (C=O) groups is 4. The summed E-state index contributed by atoms with van der Waals surface area (Å²) in [6.45, 7) is 5.43. The van der Waals surface area contributed by atoms with Crippen LogP contribution in [0.4, 0.5) is 10.1 Å². The van der Waals surface area contributed by atoms with Crippen molar-refractivity contribution in [3.63, 3.8) is 0 Å². The van der Waals surface area contributed by atoms with Crippen molar-refractivity contribution in [3.8, 4) is 0 Å². The first-order valence-electron chi connectivity index (χ1n) is 15.6. The van der Waals surface area contributed by atoms with E-state index in [1.54, 1.807) is 36.5 Å². The molecular formula is C34H35FN6O4. The molecule has 1 atom stereocenters. The summed E-state index contributed by atoms with van der Waals surface area (Å²) in [6, 6.07) is 10.8. The lowest BCUT2D eigenvalue weighted by atomic mass is 9.63. The lowest BCUT2D eigenvalue weighted by molar-refractivity contribution is -0.142. The van der Waals surface area contributed by atoms with Gasteiger partial charge in [-0.05, 0) is 68.4 Å². The molecule has 1 aromatic heterocycles. The molecule has 232 valence electrons. The number of piperidine rings is 2. The van der Waals surface area contributed by atoms with Gasteiger partial charge in [-0.1, -0.05) is 31.2 Å². The van der Waals surface area contributed by atoms with Gasteiger partial charge in [0.05, 0.1) is 28.8 Å². The molecule has 4 amide bonds. The van der Waals surface area contributed by atoms with Crippen molar-refractivity contribution in [2.24, 2.45) is 0 Å². The maximum Gasteiger partial charge on any atom is 0.264 e. The molecule has 7 rings (SSSR count). The zero-order valence-electron chi connectivity index (χ0n) is 24.9. The maximum atomic E-state index is 13.6. The van der Waals surface area contributed by atoms with Crippen molar-refractivity contribution in [2.45, 2.75) is 69.0 Å². The second kappa shape index (κ2) is 11.3. The summed E-state index contributed by atoms with van der Waals surface area (Å²) in [5, 5.41) is 10.6. The summed E-state index contributed by atoms with van der Waals surface area (Å²) in [5.74, 6) is -1.50. The van der Waals surface area contributed by atoms with Crippen molar-refractivity contribution in [1.82, 2.24) is 24.9 Å². The number of nitrogens with zero attached hydrogens (tertiary/aromatic N) is 4. The Bertz CT molecular complexity index is 1700. The number of rotatable bonds is 7. The highest BCUT2D eigenvalue weighted by Gasteiger charge is 2.48. The number of hydrogen-bond acceptors (Lipinski definition) is 6. The SMILES string of the molecule is C=C1CCC(N2C(=O)c3cccc(NCc4cnn(C5CCN(C(=O)C6(c7ccc(F)cc7)CCC6)CC5)c4)c3C2=O)C(=O)N1. The topological polar surface area (TPSA) is 117 Å². The Balaban J connectivity index is 0.979. The first-order chi connectivity index (χ1) is 21.7. The van der Waals surface area contributed by atoms with Crippen molar-refractivity contribution in [2.75, 3.05) is 18.4 Å². The highest BCUT2D eigenvalue weighted by molar-refractivity contribution is 6.25. The number of carbonyl (C=O) groups excluding carboxylic acids is 4. The number of anilines is 1. The molecular weight excluding hydrogens is 575 g/mol. The molecule has 0 spiro atoms. The smallest absolute Gasteiger partial charge is 0.264 e. The molecule has 2 saturated heterocycles. The van der Waals surface area contributed by atoms with Crippen LogP contribution in [0.1, 0.15) is 82.8 Å². The molecule has 2 N–H and O–H groups in total. The van der Waals surface area contributed by atoms with E-state index in [0.717, 1.165) is 48.1 Å². The summed E-state index contributed by atoms with van der Waals surface area (Å²) in [7, 11) is 0. The summed E-state index contributed by atoms with van der Waals surface area (Å²) >= 11 is 0. The van der Waals surface area contributed by atoms with Gasteiger partial charge in [-0.3, -0.25) is 28.8 Å². The number of hydrogen-bond donors (Lipinski definition) is 2. The molecule has 11 heteroatoms. The van der Waals surface area contributed by atoms with Crippen molar-refractivity contribution >= 4 is 29.3 Å². The van der Waals surface area contributed by atoms with Crippen LogP contribution in [0.25, 0.3) is 0 Å². The van der Waals surface area contributed by atoms with Crippen LogP contribution in [0, 0.1) is 5.82 Å². The van der Waals surface area contributed by atoms with E-state index in [1.165, 1.54) is 12.1 Å². The lowest BCUT2D eigenvalue weighted by Gasteiger charge is -2.45. The zero-order chi connectivity index (χ0) is 31.3. The van der Waals surface area contributed by atoms with Crippen molar-refractivity contribution in [3.05, 3.63) is 95.2 Å². The van der Waals surface area contributed by atoms with Gasteiger partial charge in [-0.15, -0.1) is 0 Å². The van der Waals surface area contributed by atoms with Gasteiger partial charge in [0, 0.05) is 42.8 Å². The molecule has 45 heavy (non-hydrogen) atoms. The van der Waals surface area contributed by atoms with E-state index < -0.39 is 29.2 Å². The highest BCUT2D eigenvalue weighted by atomic mass is 19.1. The third kappa shape index (κ3) is 5.00. The van der Waals surface area contributed by atoms with E-state index in [4.69, 9.17) is 0 Å². The van der Waals surface area contributed by atoms with Gasteiger partial charge in [0.25, 0.3) is 11.8 Å². The number of allylic oxidation sites excluding steroid dienone is 1. The van der Waals surface area contributed by atoms with Crippen LogP contribution in [0.3, 0.4) is 0 Å². The first kappa shape index (κ1) is 28.9. The van der Waals surface area contributed by atoms with Crippen LogP contribution in [0.15, 0.2) is 67.1 Å². The average Bonchev–Trinajstić information content (AvgIpc) is 3.59. The maximum absolute atomic E-state index is 13.6. The number of likely N-dealkylation sites (tertiary alicyclic amines) is 1. The molecule has 0 bridgehead atoms. The summed E-state index contributed by atoms with van der Waals surface area (Å²) in [4.78, 5) is 55.9. The minimum Gasteiger partial charge on any atom is -0.380 e. The fourth-order valence-corrected chi connectivity index (χ4v) is 7.17. The Morgan fingerprint density at radius 3 is 2.49 bits per heavy atom. The Kier molecular flexibility index (Phi) is 7.26. The number of nitrogens with one attached hydrogen (secondary N) is 2. The quantitative estimate of drug-likeness (QED) is 0.386. The van der Waals surface area contributed by atoms with E-state index in [1.807, 2.05) is 15.8 Å². The van der Waals surface area contributed by atoms with Crippen molar-refractivity contribution in [1.29, 1.82) is 0 Å². The Hall–Kier alpha value is -4.80. The molecule has 1 unspecified atom stereocenters. The highest BCUT2D eigenvalue weighted by Crippen LogP contribution is 2.46. The second-order valence-corrected chi connectivity index (χ2v) is 12.5. The van der Waals surface area contributed by atoms with Crippen LogP contribution < -0.4 is 10.6 Å². The molecule has 3 aromatic rings. The summed E-state index contributed by atoms with van der Waals surface area (Å²) in [6.07, 6.45) is 8.74. The standard InChI is InChI=1S/C34H35FN6O4/c1-21-6-11-28(30(42)38-21)41-31(43)26-4-2-5-27(29(26)32(41)44)36-18-22-19-37-40(20-22)25-12-16-39(17-13-25)33(45)34(14-3-15-34)23-7-9-24(35)10-8-23/h2,4-5,7-10,19-20,25,28,36H,1,3,6,11-18H2,(H,38,42). The summed E-state index contributed by atoms with van der Waals surface area (Å²) < 4.78 is 15.5. The third-order valence-corrected chi connectivity index (χ3v) is 9.86. The molecule has 1 aliphatic carbocycles. The Morgan fingerprint density at radius 2 is 1.80 bits per heavy atom.